The van der Waals surface area contributed by atoms with E-state index in [0.717, 1.165) is 16.1 Å². The average Bonchev–Trinajstić information content (AvgIpc) is 2.05. The number of nitrogens with one attached hydrogen (secondary N) is 1. The quantitative estimate of drug-likeness (QED) is 0.847. The van der Waals surface area contributed by atoms with Crippen LogP contribution >= 0.6 is 15.9 Å². The molecule has 0 saturated carbocycles. The lowest BCUT2D eigenvalue weighted by Crippen LogP contribution is -2.01. The van der Waals surface area contributed by atoms with Crippen LogP contribution in [0.2, 0.25) is 0 Å². The maximum Gasteiger partial charge on any atom is 0.143 e. The second kappa shape index (κ2) is 3.85. The van der Waals surface area contributed by atoms with Crippen LogP contribution in [-0.4, -0.2) is 17.0 Å². The summed E-state index contributed by atoms with van der Waals surface area (Å²) in [6.07, 6.45) is 1.77. The Morgan fingerprint density at radius 2 is 2.17 bits per heavy atom. The normalized spacial score (nSPS) is 10.4. The van der Waals surface area contributed by atoms with Crippen molar-refractivity contribution in [2.45, 2.75) is 19.8 Å². The maximum absolute atomic E-state index is 4.32. The summed E-state index contributed by atoms with van der Waals surface area (Å²) in [4.78, 5) is 8.51. The van der Waals surface area contributed by atoms with Crippen LogP contribution < -0.4 is 5.32 Å². The van der Waals surface area contributed by atoms with Crippen molar-refractivity contribution in [3.63, 3.8) is 0 Å². The van der Waals surface area contributed by atoms with Gasteiger partial charge in [0.25, 0.3) is 0 Å². The highest BCUT2D eigenvalue weighted by Crippen LogP contribution is 2.20. The molecular weight excluding hydrogens is 218 g/mol. The first-order valence-corrected chi connectivity index (χ1v) is 4.64. The van der Waals surface area contributed by atoms with E-state index in [-0.39, 0.29) is 0 Å². The van der Waals surface area contributed by atoms with Crippen LogP contribution in [0, 0.1) is 0 Å². The van der Waals surface area contributed by atoms with E-state index in [2.05, 4.69) is 45.1 Å². The molecule has 0 fully saturated rings. The molecule has 0 saturated heterocycles. The van der Waals surface area contributed by atoms with Gasteiger partial charge in [0.05, 0.1) is 4.47 Å². The third kappa shape index (κ3) is 1.94. The molecule has 4 heteroatoms. The predicted molar refractivity (Wildman–Crippen MR) is 53.4 cm³/mol. The first kappa shape index (κ1) is 9.45. The molecule has 3 nitrogen and oxygen atoms in total. The predicted octanol–water partition coefficient (Wildman–Crippen LogP) is 2.40. The summed E-state index contributed by atoms with van der Waals surface area (Å²) in [7, 11) is 1.84. The van der Waals surface area contributed by atoms with E-state index >= 15 is 0 Å². The number of aromatic nitrogens is 2. The highest BCUT2D eigenvalue weighted by atomic mass is 79.9. The fraction of sp³-hybridized carbons (Fsp3) is 0.500. The van der Waals surface area contributed by atoms with E-state index in [9.17, 15) is 0 Å². The Labute approximate surface area is 80.7 Å². The molecule has 0 bridgehead atoms. The minimum absolute atomic E-state index is 0.366. The molecule has 0 aromatic carbocycles. The molecule has 0 aliphatic carbocycles. The van der Waals surface area contributed by atoms with E-state index in [1.807, 2.05) is 7.05 Å². The zero-order valence-electron chi connectivity index (χ0n) is 7.43. The first-order valence-electron chi connectivity index (χ1n) is 3.85. The lowest BCUT2D eigenvalue weighted by molar-refractivity contribution is 0.774. The third-order valence-electron chi connectivity index (χ3n) is 1.52. The van der Waals surface area contributed by atoms with Crippen LogP contribution in [0.3, 0.4) is 0 Å². The summed E-state index contributed by atoms with van der Waals surface area (Å²) >= 11 is 3.35. The Kier molecular flexibility index (Phi) is 3.03. The molecule has 1 heterocycles. The summed E-state index contributed by atoms with van der Waals surface area (Å²) in [6, 6.07) is 0. The fourth-order valence-electron chi connectivity index (χ4n) is 0.834. The standard InChI is InChI=1S/C8H12BrN3/c1-5(2)7-11-4-6(9)8(10-3)12-7/h4-5H,1-3H3,(H,10,11,12). The molecule has 1 N–H and O–H groups in total. The molecule has 0 amide bonds. The number of rotatable bonds is 2. The van der Waals surface area contributed by atoms with Gasteiger partial charge in [-0.3, -0.25) is 0 Å². The van der Waals surface area contributed by atoms with Gasteiger partial charge in [0.1, 0.15) is 11.6 Å². The van der Waals surface area contributed by atoms with E-state index in [4.69, 9.17) is 0 Å². The SMILES string of the molecule is CNc1nc(C(C)C)ncc1Br. The van der Waals surface area contributed by atoms with Crippen molar-refractivity contribution < 1.29 is 0 Å². The lowest BCUT2D eigenvalue weighted by Gasteiger charge is -2.06. The largest absolute Gasteiger partial charge is 0.372 e. The van der Waals surface area contributed by atoms with Crippen LogP contribution in [-0.2, 0) is 0 Å². The highest BCUT2D eigenvalue weighted by molar-refractivity contribution is 9.10. The fourth-order valence-corrected chi connectivity index (χ4v) is 1.22. The molecular formula is C8H12BrN3. The van der Waals surface area contributed by atoms with Crippen molar-refractivity contribution >= 4 is 21.7 Å². The highest BCUT2D eigenvalue weighted by Gasteiger charge is 2.05. The Bertz CT molecular complexity index is 273. The van der Waals surface area contributed by atoms with E-state index in [1.54, 1.807) is 6.20 Å². The van der Waals surface area contributed by atoms with Gasteiger partial charge in [0.15, 0.2) is 0 Å². The van der Waals surface area contributed by atoms with Gasteiger partial charge in [-0.1, -0.05) is 13.8 Å². The topological polar surface area (TPSA) is 37.8 Å². The molecule has 0 aliphatic heterocycles. The van der Waals surface area contributed by atoms with Crippen molar-refractivity contribution in [1.82, 2.24) is 9.97 Å². The number of nitrogens with zero attached hydrogens (tertiary/aromatic N) is 2. The molecule has 0 radical (unpaired) electrons. The van der Waals surface area contributed by atoms with E-state index in [0.29, 0.717) is 5.92 Å². The van der Waals surface area contributed by atoms with E-state index < -0.39 is 0 Å². The molecule has 0 aliphatic rings. The maximum atomic E-state index is 4.32. The zero-order chi connectivity index (χ0) is 9.14. The second-order valence-electron chi connectivity index (χ2n) is 2.83. The van der Waals surface area contributed by atoms with Gasteiger partial charge in [0, 0.05) is 19.2 Å². The number of halogens is 1. The molecule has 1 aromatic rings. The number of hydrogen-bond acceptors (Lipinski definition) is 3. The van der Waals surface area contributed by atoms with Gasteiger partial charge < -0.3 is 5.32 Å². The van der Waals surface area contributed by atoms with Gasteiger partial charge in [-0.15, -0.1) is 0 Å². The average molecular weight is 230 g/mol. The summed E-state index contributed by atoms with van der Waals surface area (Å²) < 4.78 is 0.898. The number of anilines is 1. The lowest BCUT2D eigenvalue weighted by atomic mass is 10.2. The molecule has 0 spiro atoms. The van der Waals surface area contributed by atoms with Crippen molar-refractivity contribution in [2.24, 2.45) is 0 Å². The zero-order valence-corrected chi connectivity index (χ0v) is 9.01. The van der Waals surface area contributed by atoms with Crippen molar-refractivity contribution in [3.05, 3.63) is 16.5 Å². The van der Waals surface area contributed by atoms with Crippen LogP contribution in [0.5, 0.6) is 0 Å². The smallest absolute Gasteiger partial charge is 0.143 e. The number of hydrogen-bond donors (Lipinski definition) is 1. The van der Waals surface area contributed by atoms with Crippen LogP contribution in [0.15, 0.2) is 10.7 Å². The summed E-state index contributed by atoms with van der Waals surface area (Å²) in [5.74, 6) is 2.07. The van der Waals surface area contributed by atoms with Crippen LogP contribution in [0.4, 0.5) is 5.82 Å². The van der Waals surface area contributed by atoms with Crippen molar-refractivity contribution in [1.29, 1.82) is 0 Å². The summed E-state index contributed by atoms with van der Waals surface area (Å²) in [5.41, 5.74) is 0. The monoisotopic (exact) mass is 229 g/mol. The Hall–Kier alpha value is -0.640. The molecule has 1 rings (SSSR count). The molecule has 1 aromatic heterocycles. The molecule has 12 heavy (non-hydrogen) atoms. The van der Waals surface area contributed by atoms with Gasteiger partial charge in [0.2, 0.25) is 0 Å². The van der Waals surface area contributed by atoms with E-state index in [1.165, 1.54) is 0 Å². The van der Waals surface area contributed by atoms with Gasteiger partial charge in [-0.05, 0) is 15.9 Å². The Morgan fingerprint density at radius 3 is 2.67 bits per heavy atom. The Morgan fingerprint density at radius 1 is 1.50 bits per heavy atom. The first-order chi connectivity index (χ1) is 5.65. The molecule has 66 valence electrons. The second-order valence-corrected chi connectivity index (χ2v) is 3.68. The Balaban J connectivity index is 3.05. The summed E-state index contributed by atoms with van der Waals surface area (Å²) in [6.45, 7) is 4.14. The van der Waals surface area contributed by atoms with Crippen molar-refractivity contribution in [3.8, 4) is 0 Å². The van der Waals surface area contributed by atoms with Crippen LogP contribution in [0.25, 0.3) is 0 Å². The molecule has 0 atom stereocenters. The van der Waals surface area contributed by atoms with Crippen LogP contribution in [0.1, 0.15) is 25.6 Å². The minimum atomic E-state index is 0.366. The van der Waals surface area contributed by atoms with Gasteiger partial charge in [-0.25, -0.2) is 9.97 Å². The van der Waals surface area contributed by atoms with Gasteiger partial charge in [-0.2, -0.15) is 0 Å². The van der Waals surface area contributed by atoms with Crippen molar-refractivity contribution in [2.75, 3.05) is 12.4 Å². The summed E-state index contributed by atoms with van der Waals surface area (Å²) in [5, 5.41) is 2.99. The third-order valence-corrected chi connectivity index (χ3v) is 2.10. The minimum Gasteiger partial charge on any atom is -0.372 e. The molecule has 0 unspecified atom stereocenters. The van der Waals surface area contributed by atoms with Gasteiger partial charge >= 0.3 is 0 Å².